The molecule has 37 heavy (non-hydrogen) atoms. The summed E-state index contributed by atoms with van der Waals surface area (Å²) in [6.07, 6.45) is 1.87. The maximum absolute atomic E-state index is 13.1. The third-order valence-corrected chi connectivity index (χ3v) is 8.40. The molecule has 10 heteroatoms. The van der Waals surface area contributed by atoms with E-state index in [-0.39, 0.29) is 24.4 Å². The second-order valence-corrected chi connectivity index (χ2v) is 10.8. The highest BCUT2D eigenvalue weighted by atomic mass is 32.2. The summed E-state index contributed by atoms with van der Waals surface area (Å²) in [5, 5.41) is 12.7. The first-order chi connectivity index (χ1) is 17.9. The highest BCUT2D eigenvalue weighted by Gasteiger charge is 2.21. The number of nitrogens with zero attached hydrogens (tertiary/aromatic N) is 3. The van der Waals surface area contributed by atoms with Crippen molar-refractivity contribution in [3.8, 4) is 5.75 Å². The molecule has 0 aliphatic carbocycles. The van der Waals surface area contributed by atoms with Gasteiger partial charge in [-0.1, -0.05) is 0 Å². The number of aliphatic imine (C=N–C) groups is 1. The number of piperidine rings is 1. The number of carbonyl (C=O) groups excluding carboxylic acids is 1. The Bertz CT molecular complexity index is 1180. The van der Waals surface area contributed by atoms with Crippen LogP contribution in [-0.4, -0.2) is 67.9 Å². The molecule has 0 bridgehead atoms. The molecule has 7 nitrogen and oxygen atoms in total. The summed E-state index contributed by atoms with van der Waals surface area (Å²) >= 11 is 2.88. The molecule has 0 saturated carbocycles. The van der Waals surface area contributed by atoms with E-state index in [1.165, 1.54) is 23.5 Å². The number of ether oxygens (including phenoxy) is 1. The number of likely N-dealkylation sites (N-methyl/N-ethyl adjacent to an activating group) is 1. The highest BCUT2D eigenvalue weighted by Crippen LogP contribution is 2.38. The minimum Gasteiger partial charge on any atom is -0.490 e. The number of amides is 1. The molecule has 2 heterocycles. The van der Waals surface area contributed by atoms with Gasteiger partial charge in [-0.25, -0.2) is 4.39 Å². The molecular formula is C27H31FN4O3S2. The Balaban J connectivity index is 1.29. The van der Waals surface area contributed by atoms with Crippen molar-refractivity contribution in [3.63, 3.8) is 0 Å². The van der Waals surface area contributed by atoms with Crippen LogP contribution < -0.4 is 15.0 Å². The number of thioether (sulfide) groups is 1. The Hall–Kier alpha value is -2.92. The maximum atomic E-state index is 13.1. The van der Waals surface area contributed by atoms with Crippen molar-refractivity contribution in [1.29, 1.82) is 0 Å². The lowest BCUT2D eigenvalue weighted by molar-refractivity contribution is 0.103. The van der Waals surface area contributed by atoms with Gasteiger partial charge in [-0.2, -0.15) is 0 Å². The van der Waals surface area contributed by atoms with Crippen molar-refractivity contribution < 1.29 is 19.0 Å². The number of hydrogen-bond donors (Lipinski definition) is 2. The van der Waals surface area contributed by atoms with Crippen LogP contribution in [0, 0.1) is 5.82 Å². The molecule has 196 valence electrons. The highest BCUT2D eigenvalue weighted by molar-refractivity contribution is 7.99. The SMILES string of the molecule is C=Nc1sc(C(=O)Nc2ccc(N3CCC(Oc4ccc(F)cc4)CC3)cc2)cc1SCN(C)CCO. The van der Waals surface area contributed by atoms with Crippen molar-refractivity contribution in [2.75, 3.05) is 49.4 Å². The molecule has 1 fully saturated rings. The van der Waals surface area contributed by atoms with Crippen LogP contribution in [0.3, 0.4) is 0 Å². The maximum Gasteiger partial charge on any atom is 0.265 e. The quantitative estimate of drug-likeness (QED) is 0.190. The average molecular weight is 543 g/mol. The van der Waals surface area contributed by atoms with Crippen LogP contribution in [0.4, 0.5) is 20.8 Å². The number of aliphatic hydroxyl groups excluding tert-OH is 1. The van der Waals surface area contributed by atoms with Crippen LogP contribution >= 0.6 is 23.1 Å². The number of aliphatic hydroxyl groups is 1. The predicted octanol–water partition coefficient (Wildman–Crippen LogP) is 5.49. The summed E-state index contributed by atoms with van der Waals surface area (Å²) in [6, 6.07) is 15.8. The van der Waals surface area contributed by atoms with Gasteiger partial charge in [-0.15, -0.1) is 23.1 Å². The number of benzene rings is 2. The normalized spacial score (nSPS) is 14.1. The zero-order valence-corrected chi connectivity index (χ0v) is 22.4. The van der Waals surface area contributed by atoms with Crippen molar-refractivity contribution in [2.45, 2.75) is 23.8 Å². The Morgan fingerprint density at radius 3 is 2.59 bits per heavy atom. The zero-order valence-electron chi connectivity index (χ0n) is 20.7. The van der Waals surface area contributed by atoms with E-state index in [2.05, 4.69) is 21.9 Å². The third kappa shape index (κ3) is 7.54. The molecule has 0 radical (unpaired) electrons. The lowest BCUT2D eigenvalue weighted by atomic mass is 10.1. The summed E-state index contributed by atoms with van der Waals surface area (Å²) in [4.78, 5) is 22.7. The van der Waals surface area contributed by atoms with Gasteiger partial charge in [0.15, 0.2) is 0 Å². The number of nitrogens with one attached hydrogen (secondary N) is 1. The molecule has 2 N–H and O–H groups in total. The fraction of sp³-hybridized carbons (Fsp3) is 0.333. The van der Waals surface area contributed by atoms with Gasteiger partial charge < -0.3 is 20.1 Å². The Morgan fingerprint density at radius 2 is 1.95 bits per heavy atom. The predicted molar refractivity (Wildman–Crippen MR) is 151 cm³/mol. The van der Waals surface area contributed by atoms with Crippen LogP contribution in [0.15, 0.2) is 64.5 Å². The molecule has 1 amide bonds. The third-order valence-electron chi connectivity index (χ3n) is 6.02. The molecule has 1 aromatic heterocycles. The Morgan fingerprint density at radius 1 is 1.24 bits per heavy atom. The van der Waals surface area contributed by atoms with Crippen LogP contribution in [0.25, 0.3) is 0 Å². The molecule has 0 unspecified atom stereocenters. The first-order valence-electron chi connectivity index (χ1n) is 12.1. The van der Waals surface area contributed by atoms with E-state index < -0.39 is 0 Å². The second kappa shape index (κ2) is 13.0. The van der Waals surface area contributed by atoms with E-state index in [9.17, 15) is 9.18 Å². The number of carbonyl (C=O) groups is 1. The Labute approximate surface area is 225 Å². The lowest BCUT2D eigenvalue weighted by Gasteiger charge is -2.33. The topological polar surface area (TPSA) is 77.4 Å². The van der Waals surface area contributed by atoms with Gasteiger partial charge in [-0.3, -0.25) is 14.7 Å². The molecular weight excluding hydrogens is 511 g/mol. The van der Waals surface area contributed by atoms with Crippen LogP contribution in [0.1, 0.15) is 22.5 Å². The van der Waals surface area contributed by atoms with Crippen molar-refractivity contribution >= 4 is 52.1 Å². The van der Waals surface area contributed by atoms with Gasteiger partial charge in [0.1, 0.15) is 22.7 Å². The number of halogens is 1. The average Bonchev–Trinajstić information content (AvgIpc) is 3.33. The number of rotatable bonds is 11. The fourth-order valence-electron chi connectivity index (χ4n) is 3.99. The number of hydrogen-bond acceptors (Lipinski definition) is 8. The second-order valence-electron chi connectivity index (χ2n) is 8.77. The van der Waals surface area contributed by atoms with Crippen LogP contribution in [-0.2, 0) is 0 Å². The lowest BCUT2D eigenvalue weighted by Crippen LogP contribution is -2.38. The van der Waals surface area contributed by atoms with Crippen molar-refractivity contribution in [3.05, 3.63) is 65.3 Å². The Kier molecular flexibility index (Phi) is 9.56. The molecule has 3 aromatic rings. The standard InChI is InChI=1S/C27H31FN4O3S2/c1-29-27-25(36-18-31(2)15-16-33)17-24(37-27)26(34)30-20-5-7-21(8-6-20)32-13-11-23(12-14-32)35-22-9-3-19(28)4-10-22/h3-10,17,23,33H,1,11-16,18H2,2H3,(H,30,34). The van der Waals surface area contributed by atoms with Crippen LogP contribution in [0.5, 0.6) is 5.75 Å². The monoisotopic (exact) mass is 542 g/mol. The van der Waals surface area contributed by atoms with Gasteiger partial charge in [0.05, 0.1) is 11.5 Å². The van der Waals surface area contributed by atoms with Gasteiger partial charge in [0.25, 0.3) is 5.91 Å². The molecule has 2 aromatic carbocycles. The summed E-state index contributed by atoms with van der Waals surface area (Å²) in [5.41, 5.74) is 1.82. The summed E-state index contributed by atoms with van der Waals surface area (Å²) in [5.74, 6) is 0.925. The fourth-order valence-corrected chi connectivity index (χ4v) is 6.00. The van der Waals surface area contributed by atoms with E-state index in [1.807, 2.05) is 42.3 Å². The first kappa shape index (κ1) is 27.1. The van der Waals surface area contributed by atoms with Gasteiger partial charge in [-0.05, 0) is 68.4 Å². The van der Waals surface area contributed by atoms with Gasteiger partial charge in [0, 0.05) is 54.6 Å². The minimum atomic E-state index is -0.266. The van der Waals surface area contributed by atoms with Gasteiger partial charge in [0.2, 0.25) is 0 Å². The largest absolute Gasteiger partial charge is 0.490 e. The molecule has 1 saturated heterocycles. The minimum absolute atomic E-state index is 0.101. The van der Waals surface area contributed by atoms with Crippen molar-refractivity contribution in [1.82, 2.24) is 4.90 Å². The van der Waals surface area contributed by atoms with E-state index in [0.29, 0.717) is 23.0 Å². The van der Waals surface area contributed by atoms with E-state index >= 15 is 0 Å². The smallest absolute Gasteiger partial charge is 0.265 e. The molecule has 1 aliphatic rings. The summed E-state index contributed by atoms with van der Waals surface area (Å²) < 4.78 is 19.1. The zero-order chi connectivity index (χ0) is 26.2. The van der Waals surface area contributed by atoms with E-state index in [0.717, 1.165) is 47.2 Å². The molecule has 1 aliphatic heterocycles. The number of thiophene rings is 1. The number of anilines is 2. The molecule has 0 spiro atoms. The summed E-state index contributed by atoms with van der Waals surface area (Å²) in [7, 11) is 1.93. The van der Waals surface area contributed by atoms with E-state index in [4.69, 9.17) is 9.84 Å². The molecule has 0 atom stereocenters. The summed E-state index contributed by atoms with van der Waals surface area (Å²) in [6.45, 7) is 6.03. The van der Waals surface area contributed by atoms with Gasteiger partial charge >= 0.3 is 0 Å². The first-order valence-corrected chi connectivity index (χ1v) is 13.9. The van der Waals surface area contributed by atoms with E-state index in [1.54, 1.807) is 23.9 Å². The van der Waals surface area contributed by atoms with Crippen LogP contribution in [0.2, 0.25) is 0 Å². The van der Waals surface area contributed by atoms with Crippen molar-refractivity contribution in [2.24, 2.45) is 4.99 Å². The molecule has 4 rings (SSSR count).